The van der Waals surface area contributed by atoms with Gasteiger partial charge >= 0.3 is 0 Å². The van der Waals surface area contributed by atoms with Crippen LogP contribution in [0.3, 0.4) is 0 Å². The quantitative estimate of drug-likeness (QED) is 0.879. The summed E-state index contributed by atoms with van der Waals surface area (Å²) >= 11 is 0. The first-order valence-electron chi connectivity index (χ1n) is 9.87. The van der Waals surface area contributed by atoms with Crippen LogP contribution in [0.25, 0.3) is 0 Å². The van der Waals surface area contributed by atoms with E-state index in [1.54, 1.807) is 0 Å². The predicted octanol–water partition coefficient (Wildman–Crippen LogP) is 3.84. The highest BCUT2D eigenvalue weighted by atomic mass is 16.5. The van der Waals surface area contributed by atoms with Gasteiger partial charge in [0, 0.05) is 37.1 Å². The number of fused-ring (bicyclic) bond motifs is 1. The highest BCUT2D eigenvalue weighted by molar-refractivity contribution is 5.94. The van der Waals surface area contributed by atoms with Crippen molar-refractivity contribution in [2.75, 3.05) is 6.54 Å². The number of rotatable bonds is 4. The summed E-state index contributed by atoms with van der Waals surface area (Å²) in [7, 11) is 0. The maximum absolute atomic E-state index is 12.8. The van der Waals surface area contributed by atoms with Crippen molar-refractivity contribution in [2.45, 2.75) is 51.3 Å². The zero-order valence-corrected chi connectivity index (χ0v) is 16.4. The molecule has 5 heteroatoms. The second-order valence-electron chi connectivity index (χ2n) is 8.25. The number of nitrogens with one attached hydrogen (secondary N) is 1. The van der Waals surface area contributed by atoms with Gasteiger partial charge < -0.3 is 15.0 Å². The number of ether oxygens (including phenoxy) is 1. The summed E-state index contributed by atoms with van der Waals surface area (Å²) < 4.78 is 6.04. The summed E-state index contributed by atoms with van der Waals surface area (Å²) in [5.74, 6) is 0.943. The number of para-hydroxylation sites is 1. The van der Waals surface area contributed by atoms with Crippen LogP contribution in [0.4, 0.5) is 0 Å². The van der Waals surface area contributed by atoms with Crippen LogP contribution in [-0.2, 0) is 11.3 Å². The number of hydrogen-bond acceptors (Lipinski definition) is 3. The monoisotopic (exact) mass is 378 g/mol. The standard InChI is InChI=1S/C23H26N2O3/c1-23(2)14-19(18-6-3-4-7-20(18)28-23)24-22(27)17-11-9-16(10-12-17)15-25-13-5-8-21(25)26/h3-4,6-7,9-12,19H,5,8,13-15H2,1-2H3,(H,24,27)/t19-/m1/s1. The summed E-state index contributed by atoms with van der Waals surface area (Å²) in [5, 5.41) is 3.16. The predicted molar refractivity (Wildman–Crippen MR) is 107 cm³/mol. The van der Waals surface area contributed by atoms with Gasteiger partial charge in [0.05, 0.1) is 6.04 Å². The first kappa shape index (κ1) is 18.5. The molecule has 2 aliphatic heterocycles. The lowest BCUT2D eigenvalue weighted by Gasteiger charge is -2.37. The molecule has 2 amide bonds. The Labute approximate surface area is 165 Å². The Morgan fingerprint density at radius 3 is 2.64 bits per heavy atom. The van der Waals surface area contributed by atoms with Gasteiger partial charge in [-0.05, 0) is 44.0 Å². The fraction of sp³-hybridized carbons (Fsp3) is 0.391. The number of nitrogens with zero attached hydrogens (tertiary/aromatic N) is 1. The SMILES string of the molecule is CC1(C)C[C@@H](NC(=O)c2ccc(CN3CCCC3=O)cc2)c2ccccc2O1. The molecule has 28 heavy (non-hydrogen) atoms. The number of likely N-dealkylation sites (tertiary alicyclic amines) is 1. The van der Waals surface area contributed by atoms with E-state index in [-0.39, 0.29) is 23.5 Å². The van der Waals surface area contributed by atoms with Crippen molar-refractivity contribution < 1.29 is 14.3 Å². The van der Waals surface area contributed by atoms with E-state index in [0.29, 0.717) is 24.9 Å². The van der Waals surface area contributed by atoms with Gasteiger partial charge in [0.2, 0.25) is 5.91 Å². The molecule has 5 nitrogen and oxygen atoms in total. The Hall–Kier alpha value is -2.82. The number of amides is 2. The number of benzene rings is 2. The van der Waals surface area contributed by atoms with Crippen LogP contribution in [-0.4, -0.2) is 28.9 Å². The molecule has 0 bridgehead atoms. The van der Waals surface area contributed by atoms with Gasteiger partial charge in [0.25, 0.3) is 5.91 Å². The zero-order valence-electron chi connectivity index (χ0n) is 16.4. The van der Waals surface area contributed by atoms with E-state index >= 15 is 0 Å². The van der Waals surface area contributed by atoms with Gasteiger partial charge in [-0.2, -0.15) is 0 Å². The zero-order chi connectivity index (χ0) is 19.7. The smallest absolute Gasteiger partial charge is 0.251 e. The van der Waals surface area contributed by atoms with E-state index < -0.39 is 0 Å². The molecule has 0 spiro atoms. The molecule has 2 aromatic carbocycles. The van der Waals surface area contributed by atoms with E-state index in [9.17, 15) is 9.59 Å². The lowest BCUT2D eigenvalue weighted by Crippen LogP contribution is -2.41. The molecule has 0 saturated carbocycles. The summed E-state index contributed by atoms with van der Waals surface area (Å²) in [4.78, 5) is 26.5. The largest absolute Gasteiger partial charge is 0.487 e. The molecule has 2 heterocycles. The molecule has 0 aromatic heterocycles. The first-order valence-corrected chi connectivity index (χ1v) is 9.87. The molecule has 0 radical (unpaired) electrons. The van der Waals surface area contributed by atoms with Crippen molar-refractivity contribution in [2.24, 2.45) is 0 Å². The van der Waals surface area contributed by atoms with Crippen molar-refractivity contribution in [1.29, 1.82) is 0 Å². The molecule has 0 aliphatic carbocycles. The number of carbonyl (C=O) groups is 2. The van der Waals surface area contributed by atoms with E-state index in [1.165, 1.54) is 0 Å². The van der Waals surface area contributed by atoms with Gasteiger partial charge in [0.15, 0.2) is 0 Å². The lowest BCUT2D eigenvalue weighted by atomic mass is 9.89. The minimum atomic E-state index is -0.335. The fourth-order valence-corrected chi connectivity index (χ4v) is 4.03. The molecular formula is C23H26N2O3. The summed E-state index contributed by atoms with van der Waals surface area (Å²) in [5.41, 5.74) is 2.35. The van der Waals surface area contributed by atoms with E-state index in [1.807, 2.05) is 67.3 Å². The molecule has 1 saturated heterocycles. The Balaban J connectivity index is 1.46. The second kappa shape index (κ2) is 7.30. The molecule has 2 aromatic rings. The van der Waals surface area contributed by atoms with Gasteiger partial charge in [-0.3, -0.25) is 9.59 Å². The normalized spacial score (nSPS) is 20.4. The van der Waals surface area contributed by atoms with Crippen molar-refractivity contribution in [3.05, 3.63) is 65.2 Å². The summed E-state index contributed by atoms with van der Waals surface area (Å²) in [6.45, 7) is 5.51. The highest BCUT2D eigenvalue weighted by Gasteiger charge is 2.34. The Kier molecular flexibility index (Phi) is 4.84. The van der Waals surface area contributed by atoms with Crippen molar-refractivity contribution >= 4 is 11.8 Å². The van der Waals surface area contributed by atoms with Crippen LogP contribution in [0.1, 0.15) is 60.6 Å². The third-order valence-corrected chi connectivity index (χ3v) is 5.44. The average Bonchev–Trinajstić information content (AvgIpc) is 3.06. The Morgan fingerprint density at radius 1 is 1.18 bits per heavy atom. The van der Waals surface area contributed by atoms with Crippen molar-refractivity contribution in [3.63, 3.8) is 0 Å². The molecule has 4 rings (SSSR count). The Bertz CT molecular complexity index is 889. The number of hydrogen-bond donors (Lipinski definition) is 1. The van der Waals surface area contributed by atoms with Crippen LogP contribution < -0.4 is 10.1 Å². The Morgan fingerprint density at radius 2 is 1.93 bits per heavy atom. The fourth-order valence-electron chi connectivity index (χ4n) is 4.03. The maximum atomic E-state index is 12.8. The van der Waals surface area contributed by atoms with Crippen molar-refractivity contribution in [1.82, 2.24) is 10.2 Å². The summed E-state index contributed by atoms with van der Waals surface area (Å²) in [6, 6.07) is 15.3. The highest BCUT2D eigenvalue weighted by Crippen LogP contribution is 2.39. The minimum absolute atomic E-state index is 0.0886. The summed E-state index contributed by atoms with van der Waals surface area (Å²) in [6.07, 6.45) is 2.29. The van der Waals surface area contributed by atoms with Crippen LogP contribution in [0.2, 0.25) is 0 Å². The first-order chi connectivity index (χ1) is 13.4. The molecular weight excluding hydrogens is 352 g/mol. The lowest BCUT2D eigenvalue weighted by molar-refractivity contribution is -0.128. The van der Waals surface area contributed by atoms with E-state index in [2.05, 4.69) is 5.32 Å². The van der Waals surface area contributed by atoms with Crippen molar-refractivity contribution in [3.8, 4) is 5.75 Å². The topological polar surface area (TPSA) is 58.6 Å². The van der Waals surface area contributed by atoms with Gasteiger partial charge in [-0.25, -0.2) is 0 Å². The molecule has 1 fully saturated rings. The minimum Gasteiger partial charge on any atom is -0.487 e. The number of carbonyl (C=O) groups excluding carboxylic acids is 2. The third kappa shape index (κ3) is 3.88. The van der Waals surface area contributed by atoms with Crippen LogP contribution in [0.5, 0.6) is 5.75 Å². The van der Waals surface area contributed by atoms with Crippen LogP contribution in [0.15, 0.2) is 48.5 Å². The molecule has 146 valence electrons. The molecule has 1 N–H and O–H groups in total. The van der Waals surface area contributed by atoms with Crippen LogP contribution in [0, 0.1) is 0 Å². The second-order valence-corrected chi connectivity index (χ2v) is 8.25. The molecule has 2 aliphatic rings. The van der Waals surface area contributed by atoms with Gasteiger partial charge in [0.1, 0.15) is 11.4 Å². The average molecular weight is 378 g/mol. The third-order valence-electron chi connectivity index (χ3n) is 5.44. The molecule has 1 atom stereocenters. The van der Waals surface area contributed by atoms with Crippen LogP contribution >= 0.6 is 0 Å². The molecule has 0 unspecified atom stereocenters. The van der Waals surface area contributed by atoms with E-state index in [0.717, 1.165) is 29.8 Å². The van der Waals surface area contributed by atoms with Gasteiger partial charge in [-0.1, -0.05) is 30.3 Å². The maximum Gasteiger partial charge on any atom is 0.251 e. The van der Waals surface area contributed by atoms with Gasteiger partial charge in [-0.15, -0.1) is 0 Å². The van der Waals surface area contributed by atoms with E-state index in [4.69, 9.17) is 4.74 Å².